The quantitative estimate of drug-likeness (QED) is 0.594. The molecule has 0 unspecified atom stereocenters. The van der Waals surface area contributed by atoms with Crippen molar-refractivity contribution in [2.75, 3.05) is 0 Å². The van der Waals surface area contributed by atoms with Gasteiger partial charge in [0.25, 0.3) is 0 Å². The molecule has 0 aliphatic rings. The van der Waals surface area contributed by atoms with E-state index in [4.69, 9.17) is 0 Å². The Kier molecular flexibility index (Phi) is 5.35. The van der Waals surface area contributed by atoms with Gasteiger partial charge in [0.15, 0.2) is 0 Å². The largest absolute Gasteiger partial charge is 2.00 e. The van der Waals surface area contributed by atoms with Gasteiger partial charge >= 0.3 is 48.9 Å². The molecule has 62 valence electrons. The van der Waals surface area contributed by atoms with Crippen LogP contribution in [-0.2, 0) is 0 Å². The average molecular weight is 301 g/mol. The van der Waals surface area contributed by atoms with Gasteiger partial charge in [0.2, 0.25) is 0 Å². The molecule has 1 aromatic rings. The van der Waals surface area contributed by atoms with Crippen molar-refractivity contribution >= 4 is 60.8 Å². The molecule has 5 heteroatoms. The van der Waals surface area contributed by atoms with E-state index in [-0.39, 0.29) is 60.0 Å². The van der Waals surface area contributed by atoms with Crippen LogP contribution in [0.1, 0.15) is 20.7 Å². The number of carbonyl (C=O) groups excluding carboxylic acids is 2. The third-order valence-corrected chi connectivity index (χ3v) is 1.37. The van der Waals surface area contributed by atoms with Crippen LogP contribution in [-0.4, -0.2) is 60.8 Å². The van der Waals surface area contributed by atoms with Crippen molar-refractivity contribution < 1.29 is 19.8 Å². The average Bonchev–Trinajstić information content (AvgIpc) is 2.04. The standard InChI is InChI=1S/C8H6O4.Ba/c9-7(10)5-3-1-2-4-6(5)8(11)12;/h1-4H,(H,9,10)(H,11,12);/q;+2/p-2. The van der Waals surface area contributed by atoms with E-state index in [9.17, 15) is 19.8 Å². The van der Waals surface area contributed by atoms with E-state index in [1.807, 2.05) is 0 Å². The topological polar surface area (TPSA) is 80.3 Å². The number of hydrogen-bond acceptors (Lipinski definition) is 4. The Morgan fingerprint density at radius 2 is 1.23 bits per heavy atom. The summed E-state index contributed by atoms with van der Waals surface area (Å²) in [5.41, 5.74) is -0.727. The molecule has 0 saturated carbocycles. The number of carboxylic acid groups (broad SMARTS) is 2. The van der Waals surface area contributed by atoms with Crippen LogP contribution in [0.4, 0.5) is 0 Å². The first-order valence-electron chi connectivity index (χ1n) is 3.14. The molecule has 0 bridgehead atoms. The zero-order chi connectivity index (χ0) is 9.14. The summed E-state index contributed by atoms with van der Waals surface area (Å²) < 4.78 is 0. The minimum atomic E-state index is -1.52. The van der Waals surface area contributed by atoms with Crippen molar-refractivity contribution in [3.8, 4) is 0 Å². The summed E-state index contributed by atoms with van der Waals surface area (Å²) in [6.07, 6.45) is 0. The summed E-state index contributed by atoms with van der Waals surface area (Å²) in [6, 6.07) is 5.14. The molecule has 0 heterocycles. The van der Waals surface area contributed by atoms with Crippen LogP contribution in [0.15, 0.2) is 24.3 Å². The van der Waals surface area contributed by atoms with Crippen LogP contribution < -0.4 is 10.2 Å². The Labute approximate surface area is 115 Å². The molecule has 0 fully saturated rings. The van der Waals surface area contributed by atoms with Crippen LogP contribution >= 0.6 is 0 Å². The normalized spacial score (nSPS) is 8.62. The Morgan fingerprint density at radius 3 is 1.46 bits per heavy atom. The van der Waals surface area contributed by atoms with Gasteiger partial charge in [-0.25, -0.2) is 0 Å². The minimum absolute atomic E-state index is 0. The van der Waals surface area contributed by atoms with Crippen LogP contribution in [0.5, 0.6) is 0 Å². The first kappa shape index (κ1) is 12.7. The van der Waals surface area contributed by atoms with E-state index in [0.29, 0.717) is 0 Å². The van der Waals surface area contributed by atoms with E-state index < -0.39 is 11.9 Å². The molecule has 0 atom stereocenters. The molecule has 0 saturated heterocycles. The second-order valence-corrected chi connectivity index (χ2v) is 2.12. The van der Waals surface area contributed by atoms with Crippen molar-refractivity contribution in [2.24, 2.45) is 0 Å². The molecule has 1 aromatic carbocycles. The first-order chi connectivity index (χ1) is 5.63. The van der Waals surface area contributed by atoms with Gasteiger partial charge in [-0.3, -0.25) is 0 Å². The van der Waals surface area contributed by atoms with Gasteiger partial charge in [0, 0.05) is 11.1 Å². The SMILES string of the molecule is O=C([O-])c1ccccc1C(=O)[O-].[Ba+2]. The molecule has 0 aliphatic carbocycles. The van der Waals surface area contributed by atoms with E-state index in [1.54, 1.807) is 0 Å². The van der Waals surface area contributed by atoms with Gasteiger partial charge in [0.05, 0.1) is 11.9 Å². The molecular formula is C8H4BaO4. The van der Waals surface area contributed by atoms with Crippen LogP contribution in [0, 0.1) is 0 Å². The summed E-state index contributed by atoms with van der Waals surface area (Å²) in [5, 5.41) is 20.6. The number of carbonyl (C=O) groups is 2. The van der Waals surface area contributed by atoms with Crippen molar-refractivity contribution in [3.05, 3.63) is 35.4 Å². The maximum absolute atomic E-state index is 10.3. The fourth-order valence-electron chi connectivity index (χ4n) is 0.839. The van der Waals surface area contributed by atoms with E-state index >= 15 is 0 Å². The molecule has 0 radical (unpaired) electrons. The minimum Gasteiger partial charge on any atom is -0.545 e. The Morgan fingerprint density at radius 1 is 0.923 bits per heavy atom. The summed E-state index contributed by atoms with van der Waals surface area (Å²) in [4.78, 5) is 20.6. The van der Waals surface area contributed by atoms with Gasteiger partial charge < -0.3 is 19.8 Å². The Bertz CT molecular complexity index is 302. The number of hydrogen-bond donors (Lipinski definition) is 0. The fraction of sp³-hybridized carbons (Fsp3) is 0. The molecule has 1 rings (SSSR count). The third-order valence-electron chi connectivity index (χ3n) is 1.37. The maximum Gasteiger partial charge on any atom is 2.00 e. The summed E-state index contributed by atoms with van der Waals surface area (Å²) in [7, 11) is 0. The number of rotatable bonds is 2. The number of aromatic carboxylic acids is 2. The van der Waals surface area contributed by atoms with Crippen molar-refractivity contribution in [1.82, 2.24) is 0 Å². The molecule has 0 spiro atoms. The predicted octanol–water partition coefficient (Wildman–Crippen LogP) is -1.97. The second kappa shape index (κ2) is 5.46. The summed E-state index contributed by atoms with van der Waals surface area (Å²) >= 11 is 0. The number of benzene rings is 1. The van der Waals surface area contributed by atoms with Crippen LogP contribution in [0.2, 0.25) is 0 Å². The molecule has 13 heavy (non-hydrogen) atoms. The fourth-order valence-corrected chi connectivity index (χ4v) is 0.839. The van der Waals surface area contributed by atoms with Gasteiger partial charge in [-0.05, 0) is 0 Å². The maximum atomic E-state index is 10.3. The number of carboxylic acids is 2. The second-order valence-electron chi connectivity index (χ2n) is 2.12. The molecule has 4 nitrogen and oxygen atoms in total. The molecule has 0 amide bonds. The van der Waals surface area contributed by atoms with Crippen molar-refractivity contribution in [2.45, 2.75) is 0 Å². The van der Waals surface area contributed by atoms with Crippen molar-refractivity contribution in [1.29, 1.82) is 0 Å². The zero-order valence-electron chi connectivity index (χ0n) is 6.65. The first-order valence-corrected chi connectivity index (χ1v) is 3.14. The summed E-state index contributed by atoms with van der Waals surface area (Å²) in [5.74, 6) is -3.04. The van der Waals surface area contributed by atoms with Gasteiger partial charge in [0.1, 0.15) is 0 Å². The van der Waals surface area contributed by atoms with E-state index in [0.717, 1.165) is 12.1 Å². The van der Waals surface area contributed by atoms with Gasteiger partial charge in [-0.15, -0.1) is 0 Å². The van der Waals surface area contributed by atoms with Gasteiger partial charge in [-0.1, -0.05) is 24.3 Å². The molecule has 0 aromatic heterocycles. The Hall–Kier alpha value is -0.269. The molecule has 0 aliphatic heterocycles. The van der Waals surface area contributed by atoms with Crippen LogP contribution in [0.3, 0.4) is 0 Å². The predicted molar refractivity (Wildman–Crippen MR) is 40.9 cm³/mol. The van der Waals surface area contributed by atoms with E-state index in [2.05, 4.69) is 0 Å². The van der Waals surface area contributed by atoms with Gasteiger partial charge in [-0.2, -0.15) is 0 Å². The smallest absolute Gasteiger partial charge is 0.545 e. The van der Waals surface area contributed by atoms with Crippen molar-refractivity contribution in [3.63, 3.8) is 0 Å². The Balaban J connectivity index is 0.00000144. The molecular weight excluding hydrogens is 297 g/mol. The summed E-state index contributed by atoms with van der Waals surface area (Å²) in [6.45, 7) is 0. The third kappa shape index (κ3) is 3.17. The van der Waals surface area contributed by atoms with Crippen LogP contribution in [0.25, 0.3) is 0 Å². The molecule has 0 N–H and O–H groups in total. The zero-order valence-corrected chi connectivity index (χ0v) is 11.1. The monoisotopic (exact) mass is 302 g/mol. The van der Waals surface area contributed by atoms with E-state index in [1.165, 1.54) is 12.1 Å².